The fourth-order valence-electron chi connectivity index (χ4n) is 15.7. The highest BCUT2D eigenvalue weighted by Crippen LogP contribution is 2.58. The second-order valence-electron chi connectivity index (χ2n) is 26.1. The molecule has 0 unspecified atom stereocenters. The number of benzene rings is 6. The Morgan fingerprint density at radius 2 is 0.819 bits per heavy atom. The minimum Gasteiger partial charge on any atom is -0.490 e. The first-order valence-electron chi connectivity index (χ1n) is 31.4. The fourth-order valence-corrected chi connectivity index (χ4v) is 18.7. The molecule has 0 bridgehead atoms. The molecule has 5 aliphatic carbocycles. The van der Waals surface area contributed by atoms with Crippen LogP contribution in [0.2, 0.25) is 15.1 Å². The average molecular weight is 1420 g/mol. The summed E-state index contributed by atoms with van der Waals surface area (Å²) in [6, 6.07) is 30.6. The second kappa shape index (κ2) is 28.2. The molecule has 0 saturated heterocycles. The third-order valence-corrected chi connectivity index (χ3v) is 25.4. The number of nitriles is 1. The van der Waals surface area contributed by atoms with Gasteiger partial charge in [-0.05, 0) is 180 Å². The topological polar surface area (TPSA) is 218 Å². The number of nitrogens with zero attached hydrogens (tertiary/aromatic N) is 1. The molecule has 6 aromatic carbocycles. The van der Waals surface area contributed by atoms with Crippen LogP contribution < -0.4 is 24.7 Å². The molecule has 6 N–H and O–H groups in total. The van der Waals surface area contributed by atoms with E-state index in [0.717, 1.165) is 65.9 Å². The first-order chi connectivity index (χ1) is 44.7. The van der Waals surface area contributed by atoms with Crippen molar-refractivity contribution in [2.24, 2.45) is 41.2 Å². The van der Waals surface area contributed by atoms with Gasteiger partial charge in [0.2, 0.25) is 19.1 Å². The van der Waals surface area contributed by atoms with Gasteiger partial charge >= 0.3 is 0 Å². The minimum absolute atomic E-state index is 0.00706. The predicted octanol–water partition coefficient (Wildman–Crippen LogP) is 12.9. The van der Waals surface area contributed by atoms with Gasteiger partial charge in [0.1, 0.15) is 17.5 Å². The summed E-state index contributed by atoms with van der Waals surface area (Å²) in [7, 11) is -1.71. The average Bonchev–Trinajstić information content (AvgIpc) is 1.43. The molecule has 94 heavy (non-hydrogen) atoms. The summed E-state index contributed by atoms with van der Waals surface area (Å²) in [5.41, 5.74) is 7.01. The van der Waals surface area contributed by atoms with E-state index in [9.17, 15) is 55.0 Å². The van der Waals surface area contributed by atoms with Gasteiger partial charge in [-0.1, -0.05) is 71.2 Å². The summed E-state index contributed by atoms with van der Waals surface area (Å²) in [6.07, 6.45) is 4.51. The molecule has 504 valence electrons. The van der Waals surface area contributed by atoms with Crippen LogP contribution >= 0.6 is 45.5 Å². The molecule has 5 fully saturated rings. The van der Waals surface area contributed by atoms with E-state index >= 15 is 8.78 Å². The van der Waals surface area contributed by atoms with Gasteiger partial charge in [-0.3, -0.25) is 0 Å². The maximum absolute atomic E-state index is 15.3. The van der Waals surface area contributed by atoms with Crippen molar-refractivity contribution in [3.8, 4) is 23.3 Å². The fraction of sp³-hybridized carbons (Fsp3) is 0.464. The third-order valence-electron chi connectivity index (χ3n) is 20.7. The zero-order valence-corrected chi connectivity index (χ0v) is 55.4. The van der Waals surface area contributed by atoms with Crippen LogP contribution in [0.5, 0.6) is 17.2 Å². The van der Waals surface area contributed by atoms with Crippen LogP contribution in [0.15, 0.2) is 109 Å². The highest BCUT2D eigenvalue weighted by atomic mass is 35.7. The molecular weight excluding hydrogens is 1350 g/mol. The minimum atomic E-state index is -3.46. The highest BCUT2D eigenvalue weighted by Gasteiger charge is 2.58. The molecule has 12 atom stereocenters. The summed E-state index contributed by atoms with van der Waals surface area (Å²) < 4.78 is 154. The van der Waals surface area contributed by atoms with E-state index < -0.39 is 112 Å². The smallest absolute Gasteiger partial charge is 0.235 e. The Kier molecular flexibility index (Phi) is 21.0. The zero-order chi connectivity index (χ0) is 67.2. The normalized spacial score (nSPS) is 28.8. The Labute approximate surface area is 562 Å². The highest BCUT2D eigenvalue weighted by molar-refractivity contribution is 8.14. The number of sulfonamides is 1. The second-order valence-corrected chi connectivity index (χ2v) is 32.4. The first-order valence-corrected chi connectivity index (χ1v) is 36.4. The molecule has 0 amide bonds. The number of hydrogen-bond donors (Lipinski definition) is 5. The van der Waals surface area contributed by atoms with E-state index in [1.165, 1.54) is 0 Å². The van der Waals surface area contributed by atoms with Gasteiger partial charge in [-0.2, -0.15) is 5.26 Å². The number of hydrogen-bond acceptors (Lipinski definition) is 12. The van der Waals surface area contributed by atoms with Crippen molar-refractivity contribution in [2.75, 3.05) is 32.9 Å². The van der Waals surface area contributed by atoms with E-state index in [2.05, 4.69) is 10.8 Å². The van der Waals surface area contributed by atoms with Crippen LogP contribution in [0.3, 0.4) is 0 Å². The van der Waals surface area contributed by atoms with Crippen LogP contribution in [0, 0.1) is 81.7 Å². The summed E-state index contributed by atoms with van der Waals surface area (Å²) in [5.74, 6) is -6.05. The van der Waals surface area contributed by atoms with Crippen LogP contribution in [-0.2, 0) is 54.6 Å². The van der Waals surface area contributed by atoms with Gasteiger partial charge in [-0.15, -0.1) is 0 Å². The van der Waals surface area contributed by atoms with E-state index in [-0.39, 0.29) is 89.2 Å². The third kappa shape index (κ3) is 14.2. The summed E-state index contributed by atoms with van der Waals surface area (Å²) in [4.78, 5) is 0. The molecule has 3 aliphatic heterocycles. The van der Waals surface area contributed by atoms with Gasteiger partial charge in [0.05, 0.1) is 60.6 Å². The molecule has 5 saturated carbocycles. The quantitative estimate of drug-likeness (QED) is 0.0571. The maximum atomic E-state index is 15.3. The SMILES string of the molecule is N#C[C@@H]1[C@H](O)CC[C@@]2(Cc3ccc(Cl)cc3)c3c(F)ccc(F)c3OC[C@@H]12.NC[C@@H]1[C@H](O)CC[C@@]2(Cc3ccc(Cl)cc3)c3c(F)ccc(F)c3OC[C@@H]12.O=S(=O)(Cl)C1CC1.O=S(=O)(NC[C@@H]1[C@H](O)CC[C@@]2(Cc3ccc(Cl)cc3)c3c(F)ccc(F)c3OC[C@@H]12)C1CC1. The van der Waals surface area contributed by atoms with Gasteiger partial charge in [-0.25, -0.2) is 47.9 Å². The molecule has 25 heteroatoms. The van der Waals surface area contributed by atoms with Crippen molar-refractivity contribution in [2.45, 2.75) is 129 Å². The molecule has 0 aromatic heterocycles. The first kappa shape index (κ1) is 70.0. The van der Waals surface area contributed by atoms with E-state index in [4.69, 9.17) is 65.4 Å². The van der Waals surface area contributed by atoms with Gasteiger partial charge in [0, 0.05) is 94.8 Å². The van der Waals surface area contributed by atoms with E-state index in [0.29, 0.717) is 85.7 Å². The Morgan fingerprint density at radius 1 is 0.489 bits per heavy atom. The van der Waals surface area contributed by atoms with Gasteiger partial charge in [0.25, 0.3) is 0 Å². The molecular formula is C69H71Cl4F6N3O10S2. The van der Waals surface area contributed by atoms with Gasteiger partial charge in [0.15, 0.2) is 34.7 Å². The number of aliphatic hydroxyl groups excluding tert-OH is 3. The van der Waals surface area contributed by atoms with Crippen molar-refractivity contribution in [1.82, 2.24) is 4.72 Å². The lowest BCUT2D eigenvalue weighted by atomic mass is 9.55. The molecule has 3 heterocycles. The molecule has 0 spiro atoms. The Morgan fingerprint density at radius 3 is 1.16 bits per heavy atom. The predicted molar refractivity (Wildman–Crippen MR) is 345 cm³/mol. The van der Waals surface area contributed by atoms with Crippen molar-refractivity contribution in [3.05, 3.63) is 193 Å². The summed E-state index contributed by atoms with van der Waals surface area (Å²) in [6.45, 7) is 0.635. The lowest BCUT2D eigenvalue weighted by molar-refractivity contribution is -0.0436. The van der Waals surface area contributed by atoms with Gasteiger partial charge < -0.3 is 35.3 Å². The van der Waals surface area contributed by atoms with E-state index in [1.807, 2.05) is 36.4 Å². The lowest BCUT2D eigenvalue weighted by Gasteiger charge is -2.53. The molecule has 6 aromatic rings. The largest absolute Gasteiger partial charge is 0.490 e. The molecule has 8 aliphatic rings. The van der Waals surface area contributed by atoms with Crippen LogP contribution in [0.1, 0.15) is 97.6 Å². The lowest BCUT2D eigenvalue weighted by Crippen LogP contribution is -2.57. The number of aliphatic hydroxyl groups is 3. The monoisotopic (exact) mass is 1420 g/mol. The number of nitrogens with two attached hydrogens (primary N) is 1. The van der Waals surface area contributed by atoms with Crippen LogP contribution in [-0.4, -0.2) is 93.9 Å². The number of rotatable bonds is 12. The Balaban J connectivity index is 0.000000137. The standard InChI is InChI=1S/C24H26ClF2NO4S.C21H22ClF2NO2.C21H18ClF2NO2.C3H5ClO2S/c25-15-3-1-14(2-4-15)11-24-10-9-21(29)17(12-28-33(30,31)16-5-6-16)18(24)13-32-23-20(27)8-7-19(26)22(23)24;2*22-13-3-1-12(2-4-13)9-21-8-7-18(26)14(10-25)15(21)11-27-20-17(24)6-5-16(23)19(20)21;4-7(5,6)3-1-2-3/h1-4,7-8,16-18,21,28-29H,5-6,9-13H2;1-6,14-15,18,26H,7-11,25H2;1-6,14-15,18,26H,7-9,11H2;3H,1-2H2/t17-,18-,21+,24-;2*14-,15-,18+,21-;/m000./s1. The zero-order valence-electron chi connectivity index (χ0n) is 50.8. The van der Waals surface area contributed by atoms with Crippen molar-refractivity contribution < 1.29 is 72.7 Å². The number of ether oxygens (including phenoxy) is 3. The van der Waals surface area contributed by atoms with E-state index in [1.54, 1.807) is 36.4 Å². The van der Waals surface area contributed by atoms with Crippen LogP contribution in [0.4, 0.5) is 26.3 Å². The molecule has 0 radical (unpaired) electrons. The number of nitrogens with one attached hydrogen (secondary N) is 1. The molecule has 13 nitrogen and oxygen atoms in total. The summed E-state index contributed by atoms with van der Waals surface area (Å²) in [5, 5.41) is 42.5. The Hall–Kier alpha value is -5.35. The number of fused-ring (bicyclic) bond motifs is 9. The van der Waals surface area contributed by atoms with Crippen LogP contribution in [0.25, 0.3) is 0 Å². The molecule has 14 rings (SSSR count). The number of halogens is 10. The van der Waals surface area contributed by atoms with Crippen molar-refractivity contribution >= 4 is 64.6 Å². The van der Waals surface area contributed by atoms with Crippen molar-refractivity contribution in [1.29, 1.82) is 5.26 Å². The summed E-state index contributed by atoms with van der Waals surface area (Å²) >= 11 is 18.0. The van der Waals surface area contributed by atoms with Crippen molar-refractivity contribution in [3.63, 3.8) is 0 Å². The Bertz CT molecular complexity index is 4030. The maximum Gasteiger partial charge on any atom is 0.235 e.